The fourth-order valence-corrected chi connectivity index (χ4v) is 2.17. The molecule has 0 amide bonds. The molecule has 0 radical (unpaired) electrons. The quantitative estimate of drug-likeness (QED) is 0.640. The Bertz CT molecular complexity index is 710. The molecule has 0 bridgehead atoms. The van der Waals surface area contributed by atoms with Gasteiger partial charge in [-0.1, -0.05) is 0 Å². The fourth-order valence-electron chi connectivity index (χ4n) is 2.17. The van der Waals surface area contributed by atoms with Crippen molar-refractivity contribution >= 4 is 22.4 Å². The number of imidazole rings is 1. The molecule has 0 atom stereocenters. The van der Waals surface area contributed by atoms with Crippen molar-refractivity contribution in [2.45, 2.75) is 6.92 Å². The lowest BCUT2D eigenvalue weighted by Crippen LogP contribution is -1.97. The van der Waals surface area contributed by atoms with Crippen LogP contribution < -0.4 is 11.5 Å². The molecule has 1 heterocycles. The number of nitrogens with two attached hydrogens (primary N) is 2. The number of nitrogens with zero attached hydrogens (tertiary/aromatic N) is 2. The summed E-state index contributed by atoms with van der Waals surface area (Å²) in [4.78, 5) is 4.52. The molecule has 4 nitrogen and oxygen atoms in total. The third kappa shape index (κ3) is 1.59. The Morgan fingerprint density at radius 2 is 1.61 bits per heavy atom. The highest BCUT2D eigenvalue weighted by atomic mass is 15.1. The lowest BCUT2D eigenvalue weighted by atomic mass is 10.2. The minimum Gasteiger partial charge on any atom is -0.399 e. The molecule has 4 heteroatoms. The number of aryl methyl sites for hydroxylation is 1. The van der Waals surface area contributed by atoms with Crippen LogP contribution in [0.15, 0.2) is 42.5 Å². The highest BCUT2D eigenvalue weighted by Crippen LogP contribution is 2.23. The van der Waals surface area contributed by atoms with E-state index in [1.165, 1.54) is 0 Å². The smallest absolute Gasteiger partial charge is 0.111 e. The maximum absolute atomic E-state index is 5.78. The number of anilines is 2. The molecule has 0 spiro atoms. The summed E-state index contributed by atoms with van der Waals surface area (Å²) >= 11 is 0. The van der Waals surface area contributed by atoms with Crippen molar-refractivity contribution in [2.24, 2.45) is 0 Å². The van der Waals surface area contributed by atoms with Gasteiger partial charge in [-0.05, 0) is 49.4 Å². The van der Waals surface area contributed by atoms with Crippen LogP contribution in [0.4, 0.5) is 11.4 Å². The van der Waals surface area contributed by atoms with Gasteiger partial charge in [0.1, 0.15) is 5.82 Å². The van der Waals surface area contributed by atoms with Crippen LogP contribution in [-0.4, -0.2) is 9.55 Å². The van der Waals surface area contributed by atoms with Crippen LogP contribution in [0.2, 0.25) is 0 Å². The second kappa shape index (κ2) is 3.77. The summed E-state index contributed by atoms with van der Waals surface area (Å²) in [6.07, 6.45) is 0. The Kier molecular flexibility index (Phi) is 2.23. The molecular formula is C14H14N4. The van der Waals surface area contributed by atoms with Gasteiger partial charge in [0.15, 0.2) is 0 Å². The van der Waals surface area contributed by atoms with Crippen molar-refractivity contribution in [1.82, 2.24) is 9.55 Å². The van der Waals surface area contributed by atoms with Crippen molar-refractivity contribution in [3.8, 4) is 5.69 Å². The molecule has 0 unspecified atom stereocenters. The third-order valence-corrected chi connectivity index (χ3v) is 3.00. The minimum atomic E-state index is 0.726. The van der Waals surface area contributed by atoms with Gasteiger partial charge in [-0.3, -0.25) is 4.57 Å². The van der Waals surface area contributed by atoms with E-state index in [9.17, 15) is 0 Å². The summed E-state index contributed by atoms with van der Waals surface area (Å²) in [7, 11) is 0. The summed E-state index contributed by atoms with van der Waals surface area (Å²) in [5, 5.41) is 0. The number of fused-ring (bicyclic) bond motifs is 1. The molecule has 0 aliphatic heterocycles. The molecule has 4 N–H and O–H groups in total. The van der Waals surface area contributed by atoms with Crippen LogP contribution in [0.3, 0.4) is 0 Å². The molecule has 1 aromatic heterocycles. The fraction of sp³-hybridized carbons (Fsp3) is 0.0714. The van der Waals surface area contributed by atoms with E-state index >= 15 is 0 Å². The standard InChI is InChI=1S/C14H14N4/c1-9-17-13-8-11(16)4-7-14(13)18(9)12-5-2-10(15)3-6-12/h2-8H,15-16H2,1H3. The van der Waals surface area contributed by atoms with E-state index in [-0.39, 0.29) is 0 Å². The summed E-state index contributed by atoms with van der Waals surface area (Å²) in [5.41, 5.74) is 16.0. The molecule has 0 aliphatic rings. The van der Waals surface area contributed by atoms with Gasteiger partial charge in [0.2, 0.25) is 0 Å². The van der Waals surface area contributed by atoms with Crippen LogP contribution in [0.5, 0.6) is 0 Å². The normalized spacial score (nSPS) is 10.9. The van der Waals surface area contributed by atoms with Gasteiger partial charge in [0, 0.05) is 17.1 Å². The summed E-state index contributed by atoms with van der Waals surface area (Å²) in [6, 6.07) is 13.5. The predicted octanol–water partition coefficient (Wildman–Crippen LogP) is 2.50. The predicted molar refractivity (Wildman–Crippen MR) is 74.6 cm³/mol. The number of hydrogen-bond acceptors (Lipinski definition) is 3. The van der Waals surface area contributed by atoms with Crippen LogP contribution in [-0.2, 0) is 0 Å². The summed E-state index contributed by atoms with van der Waals surface area (Å²) in [5.74, 6) is 0.931. The lowest BCUT2D eigenvalue weighted by molar-refractivity contribution is 1.00. The molecule has 0 fully saturated rings. The van der Waals surface area contributed by atoms with E-state index in [4.69, 9.17) is 11.5 Å². The van der Waals surface area contributed by atoms with E-state index < -0.39 is 0 Å². The van der Waals surface area contributed by atoms with E-state index in [1.54, 1.807) is 0 Å². The maximum atomic E-state index is 5.78. The molecule has 3 rings (SSSR count). The Morgan fingerprint density at radius 3 is 2.33 bits per heavy atom. The zero-order valence-corrected chi connectivity index (χ0v) is 10.1. The van der Waals surface area contributed by atoms with E-state index in [2.05, 4.69) is 9.55 Å². The van der Waals surface area contributed by atoms with Gasteiger partial charge in [-0.2, -0.15) is 0 Å². The van der Waals surface area contributed by atoms with E-state index in [1.807, 2.05) is 49.4 Å². The molecule has 2 aromatic carbocycles. The first-order valence-corrected chi connectivity index (χ1v) is 5.75. The van der Waals surface area contributed by atoms with Crippen molar-refractivity contribution in [3.05, 3.63) is 48.3 Å². The van der Waals surface area contributed by atoms with Crippen LogP contribution >= 0.6 is 0 Å². The first-order valence-electron chi connectivity index (χ1n) is 5.75. The second-order valence-electron chi connectivity index (χ2n) is 4.33. The third-order valence-electron chi connectivity index (χ3n) is 3.00. The zero-order valence-electron chi connectivity index (χ0n) is 10.1. The average molecular weight is 238 g/mol. The van der Waals surface area contributed by atoms with E-state index in [0.717, 1.165) is 33.9 Å². The SMILES string of the molecule is Cc1nc2cc(N)ccc2n1-c1ccc(N)cc1. The molecule has 3 aromatic rings. The van der Waals surface area contributed by atoms with E-state index in [0.29, 0.717) is 0 Å². The van der Waals surface area contributed by atoms with Crippen molar-refractivity contribution < 1.29 is 0 Å². The van der Waals surface area contributed by atoms with Crippen molar-refractivity contribution in [1.29, 1.82) is 0 Å². The summed E-state index contributed by atoms with van der Waals surface area (Å²) < 4.78 is 2.09. The van der Waals surface area contributed by atoms with Crippen molar-refractivity contribution in [2.75, 3.05) is 11.5 Å². The van der Waals surface area contributed by atoms with Crippen LogP contribution in [0.25, 0.3) is 16.7 Å². The van der Waals surface area contributed by atoms with Gasteiger partial charge >= 0.3 is 0 Å². The zero-order chi connectivity index (χ0) is 12.7. The number of benzene rings is 2. The molecule has 90 valence electrons. The average Bonchev–Trinajstić information content (AvgIpc) is 2.65. The molecule has 0 aliphatic carbocycles. The maximum Gasteiger partial charge on any atom is 0.111 e. The molecule has 18 heavy (non-hydrogen) atoms. The van der Waals surface area contributed by atoms with Crippen LogP contribution in [0.1, 0.15) is 5.82 Å². The minimum absolute atomic E-state index is 0.726. The van der Waals surface area contributed by atoms with Gasteiger partial charge in [0.25, 0.3) is 0 Å². The highest BCUT2D eigenvalue weighted by Gasteiger charge is 2.08. The summed E-state index contributed by atoms with van der Waals surface area (Å²) in [6.45, 7) is 1.98. The van der Waals surface area contributed by atoms with Gasteiger partial charge in [-0.25, -0.2) is 4.98 Å². The Balaban J connectivity index is 2.28. The molecular weight excluding hydrogens is 224 g/mol. The van der Waals surface area contributed by atoms with Crippen LogP contribution in [0, 0.1) is 6.92 Å². The monoisotopic (exact) mass is 238 g/mol. The largest absolute Gasteiger partial charge is 0.399 e. The lowest BCUT2D eigenvalue weighted by Gasteiger charge is -2.07. The molecule has 0 saturated heterocycles. The Morgan fingerprint density at radius 1 is 0.944 bits per heavy atom. The molecule has 0 saturated carbocycles. The Hall–Kier alpha value is -2.49. The Labute approximate surface area is 105 Å². The van der Waals surface area contributed by atoms with Gasteiger partial charge in [0.05, 0.1) is 11.0 Å². The number of aromatic nitrogens is 2. The highest BCUT2D eigenvalue weighted by molar-refractivity contribution is 5.81. The topological polar surface area (TPSA) is 69.9 Å². The first-order chi connectivity index (χ1) is 8.65. The number of hydrogen-bond donors (Lipinski definition) is 2. The number of nitrogen functional groups attached to an aromatic ring is 2. The van der Waals surface area contributed by atoms with Crippen molar-refractivity contribution in [3.63, 3.8) is 0 Å². The first kappa shape index (κ1) is 10.7. The van der Waals surface area contributed by atoms with Gasteiger partial charge in [-0.15, -0.1) is 0 Å². The second-order valence-corrected chi connectivity index (χ2v) is 4.33. The number of rotatable bonds is 1. The van der Waals surface area contributed by atoms with Gasteiger partial charge < -0.3 is 11.5 Å².